The lowest BCUT2D eigenvalue weighted by Gasteiger charge is -2.11. The van der Waals surface area contributed by atoms with E-state index in [-0.39, 0.29) is 5.75 Å². The summed E-state index contributed by atoms with van der Waals surface area (Å²) in [6.45, 7) is -2.87. The lowest BCUT2D eigenvalue weighted by atomic mass is 10.1. The third-order valence-electron chi connectivity index (χ3n) is 2.18. The topological polar surface area (TPSA) is 47.3 Å². The maximum absolute atomic E-state index is 12.2. The SMILES string of the molecule is CNc1ccc(-c2cnco2)cc1OC(F)F. The summed E-state index contributed by atoms with van der Waals surface area (Å²) in [5, 5.41) is 2.77. The van der Waals surface area contributed by atoms with Gasteiger partial charge in [-0.1, -0.05) is 0 Å². The molecule has 0 saturated heterocycles. The molecule has 1 heterocycles. The van der Waals surface area contributed by atoms with Gasteiger partial charge in [-0.25, -0.2) is 4.98 Å². The second kappa shape index (κ2) is 4.82. The predicted molar refractivity (Wildman–Crippen MR) is 58.1 cm³/mol. The number of nitrogens with zero attached hydrogens (tertiary/aromatic N) is 1. The number of anilines is 1. The van der Waals surface area contributed by atoms with Crippen molar-refractivity contribution in [1.29, 1.82) is 0 Å². The van der Waals surface area contributed by atoms with Crippen LogP contribution in [0.2, 0.25) is 0 Å². The Kier molecular flexibility index (Phi) is 3.22. The molecular formula is C11H10F2N2O2. The van der Waals surface area contributed by atoms with E-state index in [1.165, 1.54) is 18.7 Å². The van der Waals surface area contributed by atoms with Crippen LogP contribution in [0.15, 0.2) is 35.2 Å². The highest BCUT2D eigenvalue weighted by Gasteiger charge is 2.11. The molecule has 1 aromatic heterocycles. The van der Waals surface area contributed by atoms with E-state index in [2.05, 4.69) is 15.0 Å². The lowest BCUT2D eigenvalue weighted by molar-refractivity contribution is -0.0493. The number of hydrogen-bond acceptors (Lipinski definition) is 4. The Labute approximate surface area is 96.2 Å². The van der Waals surface area contributed by atoms with E-state index in [1.807, 2.05) is 0 Å². The zero-order valence-electron chi connectivity index (χ0n) is 8.98. The number of benzene rings is 1. The van der Waals surface area contributed by atoms with E-state index in [1.54, 1.807) is 19.2 Å². The molecule has 4 nitrogen and oxygen atoms in total. The van der Waals surface area contributed by atoms with E-state index in [4.69, 9.17) is 4.42 Å². The van der Waals surface area contributed by atoms with Crippen LogP contribution < -0.4 is 10.1 Å². The summed E-state index contributed by atoms with van der Waals surface area (Å²) in [5.41, 5.74) is 1.10. The number of halogens is 2. The summed E-state index contributed by atoms with van der Waals surface area (Å²) in [5.74, 6) is 0.558. The molecule has 2 rings (SSSR count). The van der Waals surface area contributed by atoms with Gasteiger partial charge in [-0.2, -0.15) is 8.78 Å². The van der Waals surface area contributed by atoms with Crippen molar-refractivity contribution in [3.05, 3.63) is 30.8 Å². The molecule has 0 saturated carbocycles. The number of oxazole rings is 1. The normalized spacial score (nSPS) is 10.6. The first kappa shape index (κ1) is 11.4. The predicted octanol–water partition coefficient (Wildman–Crippen LogP) is 2.98. The third-order valence-corrected chi connectivity index (χ3v) is 2.18. The maximum Gasteiger partial charge on any atom is 0.387 e. The van der Waals surface area contributed by atoms with Gasteiger partial charge in [0.15, 0.2) is 12.2 Å². The van der Waals surface area contributed by atoms with E-state index < -0.39 is 6.61 Å². The van der Waals surface area contributed by atoms with Gasteiger partial charge in [0.1, 0.15) is 5.75 Å². The van der Waals surface area contributed by atoms with Crippen molar-refractivity contribution in [2.24, 2.45) is 0 Å². The zero-order chi connectivity index (χ0) is 12.3. The molecule has 17 heavy (non-hydrogen) atoms. The van der Waals surface area contributed by atoms with Gasteiger partial charge in [-0.15, -0.1) is 0 Å². The Bertz CT molecular complexity index is 486. The van der Waals surface area contributed by atoms with Crippen molar-refractivity contribution in [3.63, 3.8) is 0 Å². The minimum atomic E-state index is -2.87. The first-order valence-corrected chi connectivity index (χ1v) is 4.86. The van der Waals surface area contributed by atoms with Gasteiger partial charge in [0.25, 0.3) is 0 Å². The monoisotopic (exact) mass is 240 g/mol. The standard InChI is InChI=1S/C11H10F2N2O2/c1-14-8-3-2-7(10-5-15-6-16-10)4-9(8)17-11(12)13/h2-6,11,14H,1H3. The summed E-state index contributed by atoms with van der Waals surface area (Å²) >= 11 is 0. The highest BCUT2D eigenvalue weighted by atomic mass is 19.3. The van der Waals surface area contributed by atoms with Gasteiger partial charge < -0.3 is 14.5 Å². The van der Waals surface area contributed by atoms with Crippen LogP contribution in [-0.4, -0.2) is 18.6 Å². The van der Waals surface area contributed by atoms with E-state index in [0.717, 1.165) is 0 Å². The van der Waals surface area contributed by atoms with Crippen molar-refractivity contribution in [2.45, 2.75) is 6.61 Å². The van der Waals surface area contributed by atoms with Gasteiger partial charge in [0.2, 0.25) is 0 Å². The molecule has 2 aromatic rings. The molecule has 0 atom stereocenters. The highest BCUT2D eigenvalue weighted by Crippen LogP contribution is 2.31. The Morgan fingerprint density at radius 3 is 2.82 bits per heavy atom. The van der Waals surface area contributed by atoms with Crippen molar-refractivity contribution in [2.75, 3.05) is 12.4 Å². The highest BCUT2D eigenvalue weighted by molar-refractivity contribution is 5.67. The average Bonchev–Trinajstić information content (AvgIpc) is 2.81. The summed E-state index contributed by atoms with van der Waals surface area (Å²) in [6.07, 6.45) is 2.77. The quantitative estimate of drug-likeness (QED) is 0.892. The molecule has 0 spiro atoms. The molecule has 0 aliphatic carbocycles. The van der Waals surface area contributed by atoms with E-state index in [9.17, 15) is 8.78 Å². The Balaban J connectivity index is 2.37. The van der Waals surface area contributed by atoms with Crippen molar-refractivity contribution in [3.8, 4) is 17.1 Å². The second-order valence-electron chi connectivity index (χ2n) is 3.21. The van der Waals surface area contributed by atoms with Crippen LogP contribution in [0, 0.1) is 0 Å². The number of ether oxygens (including phenoxy) is 1. The first-order chi connectivity index (χ1) is 8.20. The first-order valence-electron chi connectivity index (χ1n) is 4.86. The molecule has 0 bridgehead atoms. The van der Waals surface area contributed by atoms with Gasteiger partial charge in [-0.3, -0.25) is 0 Å². The largest absolute Gasteiger partial charge is 0.444 e. The molecule has 1 aromatic carbocycles. The van der Waals surface area contributed by atoms with Crippen molar-refractivity contribution in [1.82, 2.24) is 4.98 Å². The Morgan fingerprint density at radius 2 is 2.24 bits per heavy atom. The van der Waals surface area contributed by atoms with Crippen LogP contribution in [0.25, 0.3) is 11.3 Å². The van der Waals surface area contributed by atoms with Gasteiger partial charge in [-0.05, 0) is 18.2 Å². The smallest absolute Gasteiger partial charge is 0.387 e. The van der Waals surface area contributed by atoms with Crippen LogP contribution in [-0.2, 0) is 0 Å². The number of nitrogens with one attached hydrogen (secondary N) is 1. The van der Waals surface area contributed by atoms with E-state index in [0.29, 0.717) is 17.0 Å². The molecule has 0 radical (unpaired) electrons. The average molecular weight is 240 g/mol. The molecule has 90 valence electrons. The fraction of sp³-hybridized carbons (Fsp3) is 0.182. The second-order valence-corrected chi connectivity index (χ2v) is 3.21. The minimum Gasteiger partial charge on any atom is -0.444 e. The minimum absolute atomic E-state index is 0.0661. The number of hydrogen-bond donors (Lipinski definition) is 1. The zero-order valence-corrected chi connectivity index (χ0v) is 8.98. The molecule has 0 unspecified atom stereocenters. The number of alkyl halides is 2. The summed E-state index contributed by atoms with van der Waals surface area (Å²) < 4.78 is 33.9. The van der Waals surface area contributed by atoms with Crippen LogP contribution in [0.3, 0.4) is 0 Å². The van der Waals surface area contributed by atoms with Crippen LogP contribution in [0.5, 0.6) is 5.75 Å². The Hall–Kier alpha value is -2.11. The molecule has 0 aliphatic rings. The molecule has 0 amide bonds. The molecule has 6 heteroatoms. The fourth-order valence-corrected chi connectivity index (χ4v) is 1.43. The number of aromatic nitrogens is 1. The lowest BCUT2D eigenvalue weighted by Crippen LogP contribution is -2.04. The maximum atomic E-state index is 12.2. The summed E-state index contributed by atoms with van der Waals surface area (Å²) in [7, 11) is 1.63. The van der Waals surface area contributed by atoms with Gasteiger partial charge >= 0.3 is 6.61 Å². The third kappa shape index (κ3) is 2.52. The fourth-order valence-electron chi connectivity index (χ4n) is 1.43. The molecule has 0 fully saturated rings. The molecule has 1 N–H and O–H groups in total. The Morgan fingerprint density at radius 1 is 1.41 bits per heavy atom. The van der Waals surface area contributed by atoms with Gasteiger partial charge in [0.05, 0.1) is 11.9 Å². The van der Waals surface area contributed by atoms with E-state index >= 15 is 0 Å². The van der Waals surface area contributed by atoms with Crippen molar-refractivity contribution < 1.29 is 17.9 Å². The van der Waals surface area contributed by atoms with Crippen molar-refractivity contribution >= 4 is 5.69 Å². The molecule has 0 aliphatic heterocycles. The summed E-state index contributed by atoms with van der Waals surface area (Å²) in [4.78, 5) is 3.76. The number of rotatable bonds is 4. The van der Waals surface area contributed by atoms with Gasteiger partial charge in [0, 0.05) is 12.6 Å². The summed E-state index contributed by atoms with van der Waals surface area (Å²) in [6, 6.07) is 4.83. The van der Waals surface area contributed by atoms with Crippen LogP contribution >= 0.6 is 0 Å². The molecular weight excluding hydrogens is 230 g/mol. The van der Waals surface area contributed by atoms with Crippen LogP contribution in [0.4, 0.5) is 14.5 Å². The van der Waals surface area contributed by atoms with Crippen LogP contribution in [0.1, 0.15) is 0 Å².